The maximum atomic E-state index is 11.7. The van der Waals surface area contributed by atoms with Crippen LogP contribution in [0.15, 0.2) is 36.6 Å². The van der Waals surface area contributed by atoms with Crippen LogP contribution in [0.1, 0.15) is 22.8 Å². The van der Waals surface area contributed by atoms with Gasteiger partial charge in [-0.3, -0.25) is 4.79 Å². The second-order valence-electron chi connectivity index (χ2n) is 3.22. The Morgan fingerprint density at radius 3 is 2.62 bits per heavy atom. The summed E-state index contributed by atoms with van der Waals surface area (Å²) in [6, 6.07) is 6.58. The first kappa shape index (κ1) is 12.7. The van der Waals surface area contributed by atoms with Gasteiger partial charge >= 0.3 is 7.60 Å². The predicted octanol–water partition coefficient (Wildman–Crippen LogP) is 2.87. The van der Waals surface area contributed by atoms with Crippen LogP contribution < -0.4 is 0 Å². The summed E-state index contributed by atoms with van der Waals surface area (Å²) in [7, 11) is -4.27. The normalized spacial score (nSPS) is 14.7. The molecule has 1 unspecified atom stereocenters. The zero-order chi connectivity index (χ0) is 12.2. The number of carbonyl (C=O) groups excluding carboxylic acids is 1. The fourth-order valence-electron chi connectivity index (χ4n) is 1.16. The minimum Gasteiger partial charge on any atom is -0.428 e. The van der Waals surface area contributed by atoms with E-state index in [1.54, 1.807) is 32.0 Å². The lowest BCUT2D eigenvalue weighted by Crippen LogP contribution is -2.03. The first-order chi connectivity index (χ1) is 7.49. The van der Waals surface area contributed by atoms with Gasteiger partial charge in [-0.25, -0.2) is 4.57 Å². The fraction of sp³-hybridized carbons (Fsp3) is 0.182. The Morgan fingerprint density at radius 2 is 2.06 bits per heavy atom. The van der Waals surface area contributed by atoms with E-state index in [9.17, 15) is 14.3 Å². The van der Waals surface area contributed by atoms with Crippen molar-refractivity contribution in [3.05, 3.63) is 47.7 Å². The Labute approximate surface area is 94.1 Å². The van der Waals surface area contributed by atoms with Gasteiger partial charge in [0.25, 0.3) is 5.52 Å². The third-order valence-corrected chi connectivity index (χ3v) is 3.13. The topological polar surface area (TPSA) is 63.6 Å². The second kappa shape index (κ2) is 5.10. The average molecular weight is 240 g/mol. The molecule has 5 heteroatoms. The molecular weight excluding hydrogens is 227 g/mol. The van der Waals surface area contributed by atoms with Crippen LogP contribution in [0.25, 0.3) is 0 Å². The molecule has 0 saturated carbocycles. The molecule has 0 aliphatic heterocycles. The molecule has 0 heterocycles. The van der Waals surface area contributed by atoms with E-state index in [4.69, 9.17) is 0 Å². The van der Waals surface area contributed by atoms with Crippen molar-refractivity contribution in [3.8, 4) is 0 Å². The molecule has 1 rings (SSSR count). The third kappa shape index (κ3) is 2.81. The Kier molecular flexibility index (Phi) is 4.05. The van der Waals surface area contributed by atoms with Crippen molar-refractivity contribution >= 4 is 13.1 Å². The van der Waals surface area contributed by atoms with Gasteiger partial charge in [0.05, 0.1) is 6.26 Å². The molecular formula is C11H13O4P. The maximum Gasteiger partial charge on any atom is 0.448 e. The molecule has 0 radical (unpaired) electrons. The van der Waals surface area contributed by atoms with Crippen LogP contribution in [0, 0.1) is 6.92 Å². The summed E-state index contributed by atoms with van der Waals surface area (Å²) in [5, 5.41) is 0. The highest BCUT2D eigenvalue weighted by Gasteiger charge is 2.32. The molecule has 0 aliphatic carbocycles. The molecule has 86 valence electrons. The molecule has 0 aliphatic rings. The first-order valence-corrected chi connectivity index (χ1v) is 6.29. The predicted molar refractivity (Wildman–Crippen MR) is 61.2 cm³/mol. The molecule has 1 aromatic rings. The van der Waals surface area contributed by atoms with Crippen molar-refractivity contribution in [3.63, 3.8) is 0 Å². The number of aryl methyl sites for hydroxylation is 1. The minimum absolute atomic E-state index is 0.206. The lowest BCUT2D eigenvalue weighted by Gasteiger charge is -2.10. The quantitative estimate of drug-likeness (QED) is 0.649. The molecule has 1 atom stereocenters. The van der Waals surface area contributed by atoms with Crippen LogP contribution in [-0.2, 0) is 9.09 Å². The minimum atomic E-state index is -4.27. The van der Waals surface area contributed by atoms with E-state index in [1.165, 1.54) is 12.1 Å². The van der Waals surface area contributed by atoms with E-state index in [-0.39, 0.29) is 5.56 Å². The van der Waals surface area contributed by atoms with Crippen LogP contribution in [-0.4, -0.2) is 10.4 Å². The Hall–Kier alpha value is -1.38. The molecule has 0 spiro atoms. The highest BCUT2D eigenvalue weighted by atomic mass is 31.2. The number of benzene rings is 1. The van der Waals surface area contributed by atoms with Crippen LogP contribution >= 0.6 is 7.60 Å². The van der Waals surface area contributed by atoms with E-state index in [0.717, 1.165) is 6.26 Å². The van der Waals surface area contributed by atoms with Gasteiger partial charge in [-0.2, -0.15) is 0 Å². The molecule has 0 bridgehead atoms. The van der Waals surface area contributed by atoms with Gasteiger partial charge in [-0.05, 0) is 19.4 Å². The summed E-state index contributed by atoms with van der Waals surface area (Å²) in [6.07, 6.45) is 2.48. The first-order valence-electron chi connectivity index (χ1n) is 4.72. The summed E-state index contributed by atoms with van der Waals surface area (Å²) in [5.74, 6) is 0. The summed E-state index contributed by atoms with van der Waals surface area (Å²) >= 11 is 0. The van der Waals surface area contributed by atoms with Crippen molar-refractivity contribution in [2.75, 3.05) is 0 Å². The van der Waals surface area contributed by atoms with Gasteiger partial charge in [0, 0.05) is 5.56 Å². The zero-order valence-corrected chi connectivity index (χ0v) is 9.98. The van der Waals surface area contributed by atoms with Gasteiger partial charge in [0.2, 0.25) is 0 Å². The van der Waals surface area contributed by atoms with E-state index in [2.05, 4.69) is 4.52 Å². The van der Waals surface area contributed by atoms with Crippen LogP contribution in [0.4, 0.5) is 0 Å². The highest BCUT2D eigenvalue weighted by molar-refractivity contribution is 7.71. The molecule has 0 amide bonds. The summed E-state index contributed by atoms with van der Waals surface area (Å²) in [5.41, 5.74) is -0.0348. The molecule has 1 aromatic carbocycles. The maximum absolute atomic E-state index is 11.7. The van der Waals surface area contributed by atoms with Gasteiger partial charge in [-0.15, -0.1) is 0 Å². The third-order valence-electron chi connectivity index (χ3n) is 1.97. The number of carbonyl (C=O) groups is 1. The van der Waals surface area contributed by atoms with Gasteiger partial charge < -0.3 is 9.42 Å². The van der Waals surface area contributed by atoms with Crippen molar-refractivity contribution in [1.82, 2.24) is 0 Å². The van der Waals surface area contributed by atoms with Crippen molar-refractivity contribution in [2.45, 2.75) is 13.8 Å². The smallest absolute Gasteiger partial charge is 0.428 e. The number of hydrogen-bond donors (Lipinski definition) is 1. The summed E-state index contributed by atoms with van der Waals surface area (Å²) in [4.78, 5) is 21.1. The standard InChI is InChI=1S/C11H13O4P/c1-3-8-15-16(13,14)11(12)10-7-5-4-6-9(10)2/h3-8H,1-2H3,(H,13,14). The largest absolute Gasteiger partial charge is 0.448 e. The van der Waals surface area contributed by atoms with Crippen LogP contribution in [0.3, 0.4) is 0 Å². The SMILES string of the molecule is CC=COP(=O)(O)C(=O)c1ccccc1C. The molecule has 0 aromatic heterocycles. The van der Waals surface area contributed by atoms with Gasteiger partial charge in [0.15, 0.2) is 0 Å². The Balaban J connectivity index is 3.03. The van der Waals surface area contributed by atoms with Crippen molar-refractivity contribution in [2.24, 2.45) is 0 Å². The lowest BCUT2D eigenvalue weighted by atomic mass is 10.1. The highest BCUT2D eigenvalue weighted by Crippen LogP contribution is 2.46. The molecule has 4 nitrogen and oxygen atoms in total. The van der Waals surface area contributed by atoms with E-state index < -0.39 is 13.1 Å². The molecule has 16 heavy (non-hydrogen) atoms. The van der Waals surface area contributed by atoms with E-state index in [0.29, 0.717) is 5.56 Å². The van der Waals surface area contributed by atoms with Gasteiger partial charge in [0.1, 0.15) is 0 Å². The number of rotatable bonds is 4. The number of allylic oxidation sites excluding steroid dienone is 1. The summed E-state index contributed by atoms with van der Waals surface area (Å²) < 4.78 is 16.1. The molecule has 0 saturated heterocycles. The summed E-state index contributed by atoms with van der Waals surface area (Å²) in [6.45, 7) is 3.32. The average Bonchev–Trinajstić information content (AvgIpc) is 2.26. The Morgan fingerprint density at radius 1 is 1.44 bits per heavy atom. The molecule has 0 fully saturated rings. The Bertz CT molecular complexity index is 465. The second-order valence-corrected chi connectivity index (χ2v) is 4.87. The number of hydrogen-bond acceptors (Lipinski definition) is 3. The van der Waals surface area contributed by atoms with Crippen LogP contribution in [0.2, 0.25) is 0 Å². The monoisotopic (exact) mass is 240 g/mol. The van der Waals surface area contributed by atoms with E-state index >= 15 is 0 Å². The fourth-order valence-corrected chi connectivity index (χ4v) is 2.09. The molecule has 1 N–H and O–H groups in total. The van der Waals surface area contributed by atoms with E-state index in [1.807, 2.05) is 0 Å². The van der Waals surface area contributed by atoms with Gasteiger partial charge in [-0.1, -0.05) is 30.3 Å². The van der Waals surface area contributed by atoms with Crippen molar-refractivity contribution in [1.29, 1.82) is 0 Å². The lowest BCUT2D eigenvalue weighted by molar-refractivity contribution is 0.103. The van der Waals surface area contributed by atoms with Crippen LogP contribution in [0.5, 0.6) is 0 Å². The zero-order valence-electron chi connectivity index (χ0n) is 9.08. The van der Waals surface area contributed by atoms with Crippen molar-refractivity contribution < 1.29 is 18.8 Å².